The van der Waals surface area contributed by atoms with Gasteiger partial charge >= 0.3 is 6.03 Å². The Balaban J connectivity index is 1.64. The van der Waals surface area contributed by atoms with E-state index in [1.54, 1.807) is 0 Å². The Hall–Kier alpha value is -1.55. The SMILES string of the molecule is Cc1ccc2c(c1)C(NC(=O)N(C)C1CCC(CO)CC1)C(C)C2. The van der Waals surface area contributed by atoms with Crippen molar-refractivity contribution in [2.24, 2.45) is 11.8 Å². The molecular weight excluding hydrogens is 300 g/mol. The van der Waals surface area contributed by atoms with Gasteiger partial charge in [-0.3, -0.25) is 0 Å². The molecule has 2 unspecified atom stereocenters. The molecule has 2 amide bonds. The fourth-order valence-electron chi connectivity index (χ4n) is 4.30. The molecule has 0 saturated heterocycles. The van der Waals surface area contributed by atoms with Crippen LogP contribution in [0.5, 0.6) is 0 Å². The number of carbonyl (C=O) groups is 1. The van der Waals surface area contributed by atoms with Gasteiger partial charge < -0.3 is 15.3 Å². The van der Waals surface area contributed by atoms with E-state index in [1.165, 1.54) is 16.7 Å². The van der Waals surface area contributed by atoms with Gasteiger partial charge in [-0.2, -0.15) is 0 Å². The van der Waals surface area contributed by atoms with Crippen molar-refractivity contribution in [2.45, 2.75) is 58.0 Å². The van der Waals surface area contributed by atoms with Gasteiger partial charge in [0.1, 0.15) is 0 Å². The lowest BCUT2D eigenvalue weighted by atomic mass is 9.86. The van der Waals surface area contributed by atoms with E-state index in [9.17, 15) is 9.90 Å². The number of aliphatic hydroxyl groups is 1. The zero-order valence-corrected chi connectivity index (χ0v) is 15.1. The standard InChI is InChI=1S/C20H30N2O2/c1-13-4-7-16-11-14(2)19(18(16)10-13)21-20(24)22(3)17-8-5-15(12-23)6-9-17/h4,7,10,14-15,17,19,23H,5-6,8-9,11-12H2,1-3H3,(H,21,24). The van der Waals surface area contributed by atoms with Crippen molar-refractivity contribution in [1.82, 2.24) is 10.2 Å². The van der Waals surface area contributed by atoms with E-state index in [-0.39, 0.29) is 18.7 Å². The molecule has 0 aromatic heterocycles. The van der Waals surface area contributed by atoms with Crippen LogP contribution in [0.25, 0.3) is 0 Å². The highest BCUT2D eigenvalue weighted by Gasteiger charge is 2.33. The Kier molecular flexibility index (Phi) is 5.14. The van der Waals surface area contributed by atoms with Crippen LogP contribution in [-0.2, 0) is 6.42 Å². The van der Waals surface area contributed by atoms with Crippen molar-refractivity contribution in [3.8, 4) is 0 Å². The molecule has 2 atom stereocenters. The fraction of sp³-hybridized carbons (Fsp3) is 0.650. The van der Waals surface area contributed by atoms with Gasteiger partial charge in [0.2, 0.25) is 0 Å². The van der Waals surface area contributed by atoms with Crippen molar-refractivity contribution in [2.75, 3.05) is 13.7 Å². The van der Waals surface area contributed by atoms with Crippen molar-refractivity contribution in [1.29, 1.82) is 0 Å². The van der Waals surface area contributed by atoms with E-state index in [4.69, 9.17) is 0 Å². The molecule has 1 aromatic rings. The molecule has 132 valence electrons. The zero-order valence-electron chi connectivity index (χ0n) is 15.1. The maximum atomic E-state index is 12.8. The minimum atomic E-state index is 0.0358. The topological polar surface area (TPSA) is 52.6 Å². The second kappa shape index (κ2) is 7.14. The van der Waals surface area contributed by atoms with Crippen molar-refractivity contribution < 1.29 is 9.90 Å². The highest BCUT2D eigenvalue weighted by Crippen LogP contribution is 2.36. The summed E-state index contributed by atoms with van der Waals surface area (Å²) in [6.45, 7) is 4.60. The van der Waals surface area contributed by atoms with Crippen LogP contribution in [0.4, 0.5) is 4.79 Å². The predicted octanol–water partition coefficient (Wildman–Crippen LogP) is 3.42. The Morgan fingerprint density at radius 1 is 1.29 bits per heavy atom. The second-order valence-corrected chi connectivity index (χ2v) is 7.78. The van der Waals surface area contributed by atoms with Crippen LogP contribution in [0.3, 0.4) is 0 Å². The molecule has 0 radical (unpaired) electrons. The molecule has 0 bridgehead atoms. The molecule has 2 aliphatic carbocycles. The maximum absolute atomic E-state index is 12.8. The fourth-order valence-corrected chi connectivity index (χ4v) is 4.30. The molecule has 1 saturated carbocycles. The van der Waals surface area contributed by atoms with E-state index >= 15 is 0 Å². The summed E-state index contributed by atoms with van der Waals surface area (Å²) in [5, 5.41) is 12.5. The van der Waals surface area contributed by atoms with Gasteiger partial charge in [-0.05, 0) is 62.0 Å². The third-order valence-corrected chi connectivity index (χ3v) is 5.97. The molecule has 1 fully saturated rings. The number of urea groups is 1. The molecule has 4 nitrogen and oxygen atoms in total. The quantitative estimate of drug-likeness (QED) is 0.892. The summed E-state index contributed by atoms with van der Waals surface area (Å²) in [4.78, 5) is 14.6. The Labute approximate surface area is 145 Å². The smallest absolute Gasteiger partial charge is 0.317 e. The molecular formula is C20H30N2O2. The Morgan fingerprint density at radius 3 is 2.67 bits per heavy atom. The van der Waals surface area contributed by atoms with Crippen LogP contribution in [-0.4, -0.2) is 35.7 Å². The molecule has 0 spiro atoms. The number of nitrogens with one attached hydrogen (secondary N) is 1. The summed E-state index contributed by atoms with van der Waals surface area (Å²) in [5.41, 5.74) is 3.90. The second-order valence-electron chi connectivity index (χ2n) is 7.78. The van der Waals surface area contributed by atoms with Gasteiger partial charge in [-0.15, -0.1) is 0 Å². The summed E-state index contributed by atoms with van der Waals surface area (Å²) >= 11 is 0. The number of carbonyl (C=O) groups excluding carboxylic acids is 1. The summed E-state index contributed by atoms with van der Waals surface area (Å²) in [5.74, 6) is 0.853. The number of amides is 2. The van der Waals surface area contributed by atoms with Gasteiger partial charge in [-0.25, -0.2) is 4.79 Å². The number of rotatable bonds is 3. The number of aliphatic hydroxyl groups excluding tert-OH is 1. The minimum Gasteiger partial charge on any atom is -0.396 e. The Bertz CT molecular complexity index is 593. The van der Waals surface area contributed by atoms with Crippen molar-refractivity contribution in [3.63, 3.8) is 0 Å². The number of nitrogens with zero attached hydrogens (tertiary/aromatic N) is 1. The zero-order chi connectivity index (χ0) is 17.3. The lowest BCUT2D eigenvalue weighted by Crippen LogP contribution is -2.46. The summed E-state index contributed by atoms with van der Waals surface area (Å²) in [6.07, 6.45) is 5.04. The molecule has 24 heavy (non-hydrogen) atoms. The van der Waals surface area contributed by atoms with E-state index in [2.05, 4.69) is 37.4 Å². The molecule has 2 N–H and O–H groups in total. The molecule has 0 heterocycles. The predicted molar refractivity (Wildman–Crippen MR) is 95.9 cm³/mol. The van der Waals surface area contributed by atoms with Gasteiger partial charge in [0, 0.05) is 19.7 Å². The van der Waals surface area contributed by atoms with Gasteiger partial charge in [0.25, 0.3) is 0 Å². The first-order valence-electron chi connectivity index (χ1n) is 9.23. The van der Waals surface area contributed by atoms with Crippen LogP contribution in [0, 0.1) is 18.8 Å². The number of hydrogen-bond acceptors (Lipinski definition) is 2. The molecule has 4 heteroatoms. The minimum absolute atomic E-state index is 0.0358. The van der Waals surface area contributed by atoms with Crippen molar-refractivity contribution in [3.05, 3.63) is 34.9 Å². The van der Waals surface area contributed by atoms with Crippen LogP contribution in [0.1, 0.15) is 55.3 Å². The maximum Gasteiger partial charge on any atom is 0.317 e. The average molecular weight is 330 g/mol. The van der Waals surface area contributed by atoms with Gasteiger partial charge in [0.15, 0.2) is 0 Å². The first kappa shape index (κ1) is 17.3. The molecule has 1 aromatic carbocycles. The first-order chi connectivity index (χ1) is 11.5. The number of aryl methyl sites for hydroxylation is 1. The number of benzene rings is 1. The number of fused-ring (bicyclic) bond motifs is 1. The van der Waals surface area contributed by atoms with E-state index in [0.717, 1.165) is 32.1 Å². The Morgan fingerprint density at radius 2 is 2.00 bits per heavy atom. The van der Waals surface area contributed by atoms with Gasteiger partial charge in [0.05, 0.1) is 6.04 Å². The summed E-state index contributed by atoms with van der Waals surface area (Å²) < 4.78 is 0. The summed E-state index contributed by atoms with van der Waals surface area (Å²) in [7, 11) is 1.91. The summed E-state index contributed by atoms with van der Waals surface area (Å²) in [6, 6.07) is 7.02. The first-order valence-corrected chi connectivity index (χ1v) is 9.23. The van der Waals surface area contributed by atoms with E-state index in [1.807, 2.05) is 11.9 Å². The van der Waals surface area contributed by atoms with Crippen LogP contribution < -0.4 is 5.32 Å². The van der Waals surface area contributed by atoms with E-state index < -0.39 is 0 Å². The lowest BCUT2D eigenvalue weighted by Gasteiger charge is -2.35. The van der Waals surface area contributed by atoms with E-state index in [0.29, 0.717) is 17.9 Å². The monoisotopic (exact) mass is 330 g/mol. The number of hydrogen-bond donors (Lipinski definition) is 2. The van der Waals surface area contributed by atoms with Crippen LogP contribution in [0.2, 0.25) is 0 Å². The highest BCUT2D eigenvalue weighted by atomic mass is 16.3. The molecule has 2 aliphatic rings. The normalized spacial score (nSPS) is 29.2. The lowest BCUT2D eigenvalue weighted by molar-refractivity contribution is 0.131. The largest absolute Gasteiger partial charge is 0.396 e. The molecule has 0 aliphatic heterocycles. The third kappa shape index (κ3) is 3.44. The van der Waals surface area contributed by atoms with Gasteiger partial charge in [-0.1, -0.05) is 30.7 Å². The van der Waals surface area contributed by atoms with Crippen LogP contribution >= 0.6 is 0 Å². The third-order valence-electron chi connectivity index (χ3n) is 5.97. The molecule has 3 rings (SSSR count). The van der Waals surface area contributed by atoms with Crippen molar-refractivity contribution >= 4 is 6.03 Å². The van der Waals surface area contributed by atoms with Crippen LogP contribution in [0.15, 0.2) is 18.2 Å². The average Bonchev–Trinajstić information content (AvgIpc) is 2.89. The highest BCUT2D eigenvalue weighted by molar-refractivity contribution is 5.75.